The lowest BCUT2D eigenvalue weighted by molar-refractivity contribution is -0.158. The van der Waals surface area contributed by atoms with E-state index in [4.69, 9.17) is 9.47 Å². The van der Waals surface area contributed by atoms with E-state index in [1.165, 1.54) is 0 Å². The summed E-state index contributed by atoms with van der Waals surface area (Å²) in [6.45, 7) is 0.563. The number of benzene rings is 3. The third-order valence-corrected chi connectivity index (χ3v) is 7.58. The lowest BCUT2D eigenvalue weighted by Gasteiger charge is -2.47. The van der Waals surface area contributed by atoms with Gasteiger partial charge in [0.2, 0.25) is 11.8 Å². The molecule has 3 heterocycles. The first-order valence-electron chi connectivity index (χ1n) is 12.5. The van der Waals surface area contributed by atoms with Crippen molar-refractivity contribution < 1.29 is 19.1 Å². The second-order valence-electron chi connectivity index (χ2n) is 9.62. The number of amides is 2. The Bertz CT molecular complexity index is 1480. The van der Waals surface area contributed by atoms with Crippen LogP contribution in [-0.4, -0.2) is 59.9 Å². The van der Waals surface area contributed by atoms with Gasteiger partial charge in [0.25, 0.3) is 0 Å². The molecule has 0 radical (unpaired) electrons. The number of fused-ring (bicyclic) bond motifs is 4. The van der Waals surface area contributed by atoms with E-state index < -0.39 is 12.1 Å². The van der Waals surface area contributed by atoms with E-state index in [2.05, 4.69) is 11.1 Å². The van der Waals surface area contributed by atoms with E-state index in [-0.39, 0.29) is 18.4 Å². The van der Waals surface area contributed by atoms with Gasteiger partial charge in [-0.05, 0) is 53.4 Å². The zero-order valence-corrected chi connectivity index (χ0v) is 20.9. The number of carbonyl (C=O) groups excluding carboxylic acids is 2. The number of rotatable bonds is 6. The molecule has 0 unspecified atom stereocenters. The third-order valence-electron chi connectivity index (χ3n) is 7.58. The molecule has 0 aliphatic carbocycles. The first-order chi connectivity index (χ1) is 18.1. The molecule has 1 N–H and O–H groups in total. The number of hydrogen-bond acceptors (Lipinski definition) is 4. The van der Waals surface area contributed by atoms with Crippen LogP contribution in [0.3, 0.4) is 0 Å². The fourth-order valence-corrected chi connectivity index (χ4v) is 5.73. The molecule has 1 saturated heterocycles. The Balaban J connectivity index is 1.36. The highest BCUT2D eigenvalue weighted by Gasteiger charge is 2.48. The molecule has 2 aliphatic rings. The van der Waals surface area contributed by atoms with Crippen LogP contribution < -0.4 is 9.47 Å². The smallest absolute Gasteiger partial charge is 0.246 e. The topological polar surface area (TPSA) is 74.9 Å². The van der Waals surface area contributed by atoms with Gasteiger partial charge in [0, 0.05) is 29.6 Å². The minimum absolute atomic E-state index is 0.00283. The number of nitrogens with zero attached hydrogens (tertiary/aromatic N) is 2. The number of ether oxygens (including phenoxy) is 2. The molecule has 7 nitrogen and oxygen atoms in total. The average molecular weight is 496 g/mol. The van der Waals surface area contributed by atoms with Crippen molar-refractivity contribution in [3.05, 3.63) is 95.2 Å². The molecule has 1 fully saturated rings. The summed E-state index contributed by atoms with van der Waals surface area (Å²) in [7, 11) is 3.27. The highest BCUT2D eigenvalue weighted by molar-refractivity contribution is 5.97. The third kappa shape index (κ3) is 4.00. The zero-order valence-electron chi connectivity index (χ0n) is 20.9. The molecule has 7 heteroatoms. The fraction of sp³-hybridized carbons (Fsp3) is 0.267. The van der Waals surface area contributed by atoms with Crippen LogP contribution in [0.4, 0.5) is 0 Å². The van der Waals surface area contributed by atoms with Crippen molar-refractivity contribution in [1.82, 2.24) is 14.8 Å². The van der Waals surface area contributed by atoms with Crippen LogP contribution in [-0.2, 0) is 22.4 Å². The van der Waals surface area contributed by atoms with Crippen LogP contribution in [0.1, 0.15) is 28.4 Å². The zero-order chi connectivity index (χ0) is 25.5. The van der Waals surface area contributed by atoms with Gasteiger partial charge in [0.05, 0.1) is 26.8 Å². The predicted molar refractivity (Wildman–Crippen MR) is 141 cm³/mol. The highest BCUT2D eigenvalue weighted by Crippen LogP contribution is 2.43. The van der Waals surface area contributed by atoms with E-state index in [9.17, 15) is 9.59 Å². The van der Waals surface area contributed by atoms with Crippen molar-refractivity contribution in [2.45, 2.75) is 24.9 Å². The number of carbonyl (C=O) groups is 2. The van der Waals surface area contributed by atoms with Crippen LogP contribution in [0.2, 0.25) is 0 Å². The number of aromatic amines is 1. The van der Waals surface area contributed by atoms with Gasteiger partial charge in [-0.1, -0.05) is 42.5 Å². The van der Waals surface area contributed by atoms with Crippen molar-refractivity contribution in [2.24, 2.45) is 0 Å². The minimum atomic E-state index is -0.556. The first kappa shape index (κ1) is 23.2. The van der Waals surface area contributed by atoms with Gasteiger partial charge in [-0.2, -0.15) is 0 Å². The van der Waals surface area contributed by atoms with Gasteiger partial charge in [0.15, 0.2) is 0 Å². The highest BCUT2D eigenvalue weighted by atomic mass is 16.5. The van der Waals surface area contributed by atoms with Gasteiger partial charge in [-0.3, -0.25) is 9.59 Å². The van der Waals surface area contributed by atoms with Gasteiger partial charge >= 0.3 is 0 Å². The summed E-state index contributed by atoms with van der Waals surface area (Å²) in [6, 6.07) is 22.8. The molecule has 0 spiro atoms. The molecule has 2 atom stereocenters. The molecule has 3 aromatic carbocycles. The molecule has 1 aromatic heterocycles. The number of aromatic nitrogens is 1. The second-order valence-corrected chi connectivity index (χ2v) is 9.62. The SMILES string of the molecule is COc1ccc(CCN2CC(=O)N3[C@H](c4cccc(OC)c4)c4[nH]c5ccccc5c4C[C@H]3C2=O)cc1. The summed E-state index contributed by atoms with van der Waals surface area (Å²) in [5, 5.41) is 1.10. The van der Waals surface area contributed by atoms with Crippen LogP contribution in [0.5, 0.6) is 11.5 Å². The Morgan fingerprint density at radius 1 is 0.919 bits per heavy atom. The minimum Gasteiger partial charge on any atom is -0.497 e. The summed E-state index contributed by atoms with van der Waals surface area (Å²) in [5.74, 6) is 1.46. The van der Waals surface area contributed by atoms with E-state index in [1.54, 1.807) is 24.0 Å². The quantitative estimate of drug-likeness (QED) is 0.437. The second kappa shape index (κ2) is 9.32. The van der Waals surface area contributed by atoms with E-state index in [0.717, 1.165) is 39.0 Å². The fourth-order valence-electron chi connectivity index (χ4n) is 5.73. The van der Waals surface area contributed by atoms with Gasteiger partial charge in [-0.15, -0.1) is 0 Å². The molecule has 4 aromatic rings. The summed E-state index contributed by atoms with van der Waals surface area (Å²) in [6.07, 6.45) is 1.16. The average Bonchev–Trinajstić information content (AvgIpc) is 3.31. The van der Waals surface area contributed by atoms with Crippen LogP contribution in [0.25, 0.3) is 10.9 Å². The van der Waals surface area contributed by atoms with Gasteiger partial charge in [-0.25, -0.2) is 0 Å². The Kier molecular flexibility index (Phi) is 5.83. The Morgan fingerprint density at radius 2 is 1.70 bits per heavy atom. The monoisotopic (exact) mass is 495 g/mol. The number of H-pyrrole nitrogens is 1. The summed E-state index contributed by atoms with van der Waals surface area (Å²) in [4.78, 5) is 34.7. The van der Waals surface area contributed by atoms with Crippen molar-refractivity contribution in [2.75, 3.05) is 27.3 Å². The molecule has 0 bridgehead atoms. The van der Waals surface area contributed by atoms with Crippen LogP contribution in [0, 0.1) is 0 Å². The van der Waals surface area contributed by atoms with Gasteiger partial charge in [0.1, 0.15) is 17.5 Å². The maximum absolute atomic E-state index is 13.9. The standard InChI is InChI=1S/C30H29N3O4/c1-36-21-12-10-19(11-13-21)14-15-32-18-27(34)33-26(30(32)35)17-24-23-8-3-4-9-25(23)31-28(24)29(33)20-6-5-7-22(16-20)37-2/h3-13,16,26,29,31H,14-15,17-18H2,1-2H3/t26-,29+/m0/s1. The number of para-hydroxylation sites is 1. The van der Waals surface area contributed by atoms with Gasteiger partial charge < -0.3 is 24.3 Å². The van der Waals surface area contributed by atoms with E-state index in [1.807, 2.05) is 66.7 Å². The maximum Gasteiger partial charge on any atom is 0.246 e. The number of nitrogens with one attached hydrogen (secondary N) is 1. The Hall–Kier alpha value is -4.26. The number of hydrogen-bond donors (Lipinski definition) is 1. The Morgan fingerprint density at radius 3 is 2.49 bits per heavy atom. The molecule has 2 aliphatic heterocycles. The first-order valence-corrected chi connectivity index (χ1v) is 12.5. The van der Waals surface area contributed by atoms with Crippen molar-refractivity contribution >= 4 is 22.7 Å². The van der Waals surface area contributed by atoms with Crippen LogP contribution >= 0.6 is 0 Å². The predicted octanol–water partition coefficient (Wildman–Crippen LogP) is 4.11. The van der Waals surface area contributed by atoms with Crippen LogP contribution in [0.15, 0.2) is 72.8 Å². The maximum atomic E-state index is 13.9. The summed E-state index contributed by atoms with van der Waals surface area (Å²) in [5.41, 5.74) is 5.10. The molecule has 188 valence electrons. The van der Waals surface area contributed by atoms with Crippen molar-refractivity contribution in [3.63, 3.8) is 0 Å². The van der Waals surface area contributed by atoms with Crippen molar-refractivity contribution in [1.29, 1.82) is 0 Å². The van der Waals surface area contributed by atoms with E-state index >= 15 is 0 Å². The molecule has 6 rings (SSSR count). The number of methoxy groups -OCH3 is 2. The number of piperazine rings is 1. The molecule has 0 saturated carbocycles. The normalized spacial score (nSPS) is 19.1. The van der Waals surface area contributed by atoms with E-state index in [0.29, 0.717) is 25.1 Å². The van der Waals surface area contributed by atoms with Crippen molar-refractivity contribution in [3.8, 4) is 11.5 Å². The molecular formula is C30H29N3O4. The summed E-state index contributed by atoms with van der Waals surface area (Å²) < 4.78 is 10.7. The summed E-state index contributed by atoms with van der Waals surface area (Å²) >= 11 is 0. The Labute approximate surface area is 215 Å². The molecular weight excluding hydrogens is 466 g/mol. The largest absolute Gasteiger partial charge is 0.497 e. The molecule has 2 amide bonds. The molecule has 37 heavy (non-hydrogen) atoms. The lowest BCUT2D eigenvalue weighted by Crippen LogP contribution is -2.63. The lowest BCUT2D eigenvalue weighted by atomic mass is 9.86.